The zero-order valence-corrected chi connectivity index (χ0v) is 13.1. The third-order valence-corrected chi connectivity index (χ3v) is 3.93. The second-order valence-corrected chi connectivity index (χ2v) is 5.57. The van der Waals surface area contributed by atoms with E-state index in [1.807, 2.05) is 0 Å². The van der Waals surface area contributed by atoms with E-state index in [0.717, 1.165) is 0 Å². The number of carbonyl (C=O) groups excluding carboxylic acids is 2. The summed E-state index contributed by atoms with van der Waals surface area (Å²) in [5.41, 5.74) is 2.17. The number of benzene rings is 2. The van der Waals surface area contributed by atoms with E-state index in [9.17, 15) is 9.59 Å². The largest absolute Gasteiger partial charge is 0.378 e. The van der Waals surface area contributed by atoms with Gasteiger partial charge >= 0.3 is 0 Å². The summed E-state index contributed by atoms with van der Waals surface area (Å²) < 4.78 is 0. The Morgan fingerprint density at radius 1 is 0.957 bits per heavy atom. The van der Waals surface area contributed by atoms with Gasteiger partial charge in [-0.2, -0.15) is 0 Å². The molecule has 0 fully saturated rings. The maximum Gasteiger partial charge on any atom is 0.210 e. The van der Waals surface area contributed by atoms with E-state index < -0.39 is 0 Å². The van der Waals surface area contributed by atoms with Gasteiger partial charge in [-0.25, -0.2) is 0 Å². The molecule has 114 valence electrons. The number of hydrogen-bond donors (Lipinski definition) is 1. The highest BCUT2D eigenvalue weighted by Gasteiger charge is 2.32. The van der Waals surface area contributed by atoms with Crippen LogP contribution in [0.5, 0.6) is 0 Å². The maximum atomic E-state index is 12.9. The van der Waals surface area contributed by atoms with E-state index in [-0.39, 0.29) is 11.6 Å². The summed E-state index contributed by atoms with van der Waals surface area (Å²) in [6, 6.07) is 13.7. The number of fused-ring (bicyclic) bond motifs is 1. The predicted octanol–water partition coefficient (Wildman–Crippen LogP) is 3.91. The van der Waals surface area contributed by atoms with Gasteiger partial charge in [-0.1, -0.05) is 54.1 Å². The number of Topliss-reactive ketones (excluding diaryl/α,β-unsaturated/α-hetero) is 2. The van der Waals surface area contributed by atoms with E-state index in [1.54, 1.807) is 54.6 Å². The molecule has 1 N–H and O–H groups in total. The third kappa shape index (κ3) is 2.71. The quantitative estimate of drug-likeness (QED) is 0.868. The van der Waals surface area contributed by atoms with Crippen LogP contribution in [0.4, 0.5) is 0 Å². The van der Waals surface area contributed by atoms with Crippen LogP contribution in [0.1, 0.15) is 26.3 Å². The molecule has 2 aromatic carbocycles. The van der Waals surface area contributed by atoms with Crippen molar-refractivity contribution in [1.29, 1.82) is 0 Å². The lowest BCUT2D eigenvalue weighted by Crippen LogP contribution is -2.30. The van der Waals surface area contributed by atoms with Crippen LogP contribution in [0.25, 0.3) is 5.57 Å². The normalized spacial score (nSPS) is 13.8. The fourth-order valence-electron chi connectivity index (χ4n) is 2.61. The fourth-order valence-corrected chi connectivity index (χ4v) is 2.74. The molecule has 0 bridgehead atoms. The van der Waals surface area contributed by atoms with Crippen molar-refractivity contribution in [3.8, 4) is 0 Å². The number of nitrogens with one attached hydrogen (secondary N) is 1. The SMILES string of the molecule is C=CCNC1=C(c2ccc(Cl)cc2)C(=O)c2ccccc2C1=O. The Morgan fingerprint density at radius 3 is 2.17 bits per heavy atom. The zero-order chi connectivity index (χ0) is 16.4. The average Bonchev–Trinajstić information content (AvgIpc) is 2.58. The first-order valence-corrected chi connectivity index (χ1v) is 7.54. The van der Waals surface area contributed by atoms with Crippen molar-refractivity contribution in [2.45, 2.75) is 0 Å². The maximum absolute atomic E-state index is 12.9. The first kappa shape index (κ1) is 15.3. The Balaban J connectivity index is 2.21. The van der Waals surface area contributed by atoms with Gasteiger partial charge in [0.25, 0.3) is 0 Å². The highest BCUT2D eigenvalue weighted by atomic mass is 35.5. The van der Waals surface area contributed by atoms with Crippen LogP contribution in [-0.2, 0) is 0 Å². The van der Waals surface area contributed by atoms with Crippen LogP contribution in [0.15, 0.2) is 66.9 Å². The Hall–Kier alpha value is -2.65. The van der Waals surface area contributed by atoms with Gasteiger partial charge in [0.15, 0.2) is 5.78 Å². The van der Waals surface area contributed by atoms with Gasteiger partial charge in [0, 0.05) is 22.7 Å². The van der Waals surface area contributed by atoms with E-state index >= 15 is 0 Å². The molecule has 0 saturated heterocycles. The van der Waals surface area contributed by atoms with Crippen LogP contribution >= 0.6 is 11.6 Å². The summed E-state index contributed by atoms with van der Waals surface area (Å²) >= 11 is 5.92. The molecule has 0 atom stereocenters. The van der Waals surface area contributed by atoms with Gasteiger partial charge in [-0.15, -0.1) is 6.58 Å². The zero-order valence-electron chi connectivity index (χ0n) is 12.3. The lowest BCUT2D eigenvalue weighted by molar-refractivity contribution is 0.0986. The molecule has 0 heterocycles. The lowest BCUT2D eigenvalue weighted by Gasteiger charge is -2.22. The highest BCUT2D eigenvalue weighted by molar-refractivity contribution is 6.40. The summed E-state index contributed by atoms with van der Waals surface area (Å²) in [5.74, 6) is -0.360. The number of rotatable bonds is 4. The average molecular weight is 324 g/mol. The molecule has 3 nitrogen and oxygen atoms in total. The van der Waals surface area contributed by atoms with Gasteiger partial charge in [0.05, 0.1) is 11.3 Å². The van der Waals surface area contributed by atoms with Crippen LogP contribution in [-0.4, -0.2) is 18.1 Å². The smallest absolute Gasteiger partial charge is 0.210 e. The van der Waals surface area contributed by atoms with Crippen LogP contribution in [0.3, 0.4) is 0 Å². The van der Waals surface area contributed by atoms with Crippen LogP contribution in [0.2, 0.25) is 5.02 Å². The molecule has 0 aromatic heterocycles. The molecule has 1 aliphatic carbocycles. The molecule has 0 saturated carbocycles. The summed E-state index contributed by atoms with van der Waals surface area (Å²) in [6.45, 7) is 4.04. The van der Waals surface area contributed by atoms with Crippen molar-refractivity contribution in [2.75, 3.05) is 6.54 Å². The molecule has 0 amide bonds. The minimum Gasteiger partial charge on any atom is -0.378 e. The number of halogens is 1. The van der Waals surface area contributed by atoms with Crippen LogP contribution in [0, 0.1) is 0 Å². The van der Waals surface area contributed by atoms with Crippen molar-refractivity contribution < 1.29 is 9.59 Å². The minimum absolute atomic E-state index is 0.172. The Kier molecular flexibility index (Phi) is 4.13. The van der Waals surface area contributed by atoms with Gasteiger partial charge < -0.3 is 5.32 Å². The van der Waals surface area contributed by atoms with Crippen LogP contribution < -0.4 is 5.32 Å². The van der Waals surface area contributed by atoms with Gasteiger partial charge in [0.2, 0.25) is 5.78 Å². The molecule has 3 rings (SSSR count). The molecule has 0 spiro atoms. The van der Waals surface area contributed by atoms with Crippen molar-refractivity contribution >= 4 is 28.7 Å². The van der Waals surface area contributed by atoms with E-state index in [1.165, 1.54) is 0 Å². The summed E-state index contributed by atoms with van der Waals surface area (Å²) in [6.07, 6.45) is 1.64. The predicted molar refractivity (Wildman–Crippen MR) is 91.7 cm³/mol. The Labute approximate surface area is 139 Å². The third-order valence-electron chi connectivity index (χ3n) is 3.68. The van der Waals surface area contributed by atoms with E-state index in [2.05, 4.69) is 11.9 Å². The topological polar surface area (TPSA) is 46.2 Å². The molecule has 4 heteroatoms. The standard InChI is InChI=1S/C19H14ClNO2/c1-2-11-21-17-16(12-7-9-13(20)10-8-12)18(22)14-5-3-4-6-15(14)19(17)23/h2-10,21H,1,11H2. The van der Waals surface area contributed by atoms with Gasteiger partial charge in [0.1, 0.15) is 0 Å². The first-order chi connectivity index (χ1) is 11.1. The van der Waals surface area contributed by atoms with E-state index in [0.29, 0.717) is 39.5 Å². The summed E-state index contributed by atoms with van der Waals surface area (Å²) in [4.78, 5) is 25.7. The van der Waals surface area contributed by atoms with Crippen molar-refractivity contribution in [3.05, 3.63) is 88.6 Å². The Morgan fingerprint density at radius 2 is 1.57 bits per heavy atom. The second kappa shape index (κ2) is 6.23. The summed E-state index contributed by atoms with van der Waals surface area (Å²) in [7, 11) is 0. The molecule has 1 aliphatic rings. The van der Waals surface area contributed by atoms with Gasteiger partial charge in [-0.05, 0) is 17.7 Å². The molecule has 0 radical (unpaired) electrons. The highest BCUT2D eigenvalue weighted by Crippen LogP contribution is 2.31. The molecule has 23 heavy (non-hydrogen) atoms. The number of ketones is 2. The molecule has 0 unspecified atom stereocenters. The van der Waals surface area contributed by atoms with Crippen molar-refractivity contribution in [3.63, 3.8) is 0 Å². The van der Waals surface area contributed by atoms with Crippen molar-refractivity contribution in [2.24, 2.45) is 0 Å². The number of carbonyl (C=O) groups is 2. The molecule has 2 aromatic rings. The minimum atomic E-state index is -0.188. The fraction of sp³-hybridized carbons (Fsp3) is 0.0526. The van der Waals surface area contributed by atoms with E-state index in [4.69, 9.17) is 11.6 Å². The second-order valence-electron chi connectivity index (χ2n) is 5.13. The molecule has 0 aliphatic heterocycles. The number of hydrogen-bond acceptors (Lipinski definition) is 3. The molecular weight excluding hydrogens is 310 g/mol. The van der Waals surface area contributed by atoms with Crippen molar-refractivity contribution in [1.82, 2.24) is 5.32 Å². The Bertz CT molecular complexity index is 835. The number of allylic oxidation sites excluding steroid dienone is 2. The molecular formula is C19H14ClNO2. The first-order valence-electron chi connectivity index (χ1n) is 7.17. The van der Waals surface area contributed by atoms with Gasteiger partial charge in [-0.3, -0.25) is 9.59 Å². The summed E-state index contributed by atoms with van der Waals surface area (Å²) in [5, 5.41) is 3.59. The lowest BCUT2D eigenvalue weighted by atomic mass is 9.84. The monoisotopic (exact) mass is 323 g/mol.